The van der Waals surface area contributed by atoms with E-state index in [0.717, 1.165) is 24.2 Å². The quantitative estimate of drug-likeness (QED) is 0.801. The third-order valence-electron chi connectivity index (χ3n) is 3.67. The summed E-state index contributed by atoms with van der Waals surface area (Å²) in [6.45, 7) is 4.13. The Labute approximate surface area is 120 Å². The van der Waals surface area contributed by atoms with Crippen molar-refractivity contribution in [2.75, 3.05) is 13.2 Å². The first-order valence-corrected chi connectivity index (χ1v) is 7.20. The van der Waals surface area contributed by atoms with Crippen molar-refractivity contribution in [2.45, 2.75) is 39.2 Å². The smallest absolute Gasteiger partial charge is 0.258 e. The second-order valence-electron chi connectivity index (χ2n) is 5.58. The Morgan fingerprint density at radius 1 is 1.45 bits per heavy atom. The predicted octanol–water partition coefficient (Wildman–Crippen LogP) is 1.96. The lowest BCUT2D eigenvalue weighted by atomic mass is 10.1. The Hall–Kier alpha value is -1.55. The second-order valence-corrected chi connectivity index (χ2v) is 5.58. The van der Waals surface area contributed by atoms with E-state index in [1.165, 1.54) is 5.56 Å². The van der Waals surface area contributed by atoms with Gasteiger partial charge < -0.3 is 15.2 Å². The SMILES string of the molecule is Cc1ccc(OCC(=O)NC(CCO)C2CC2)c(C)c1. The van der Waals surface area contributed by atoms with Crippen LogP contribution in [0.15, 0.2) is 18.2 Å². The number of carbonyl (C=O) groups excluding carboxylic acids is 1. The van der Waals surface area contributed by atoms with E-state index in [-0.39, 0.29) is 25.2 Å². The van der Waals surface area contributed by atoms with Crippen molar-refractivity contribution in [3.63, 3.8) is 0 Å². The molecule has 0 heterocycles. The van der Waals surface area contributed by atoms with Gasteiger partial charge in [0.2, 0.25) is 0 Å². The molecule has 0 radical (unpaired) electrons. The highest BCUT2D eigenvalue weighted by molar-refractivity contribution is 5.78. The van der Waals surface area contributed by atoms with Gasteiger partial charge in [-0.15, -0.1) is 0 Å². The van der Waals surface area contributed by atoms with Gasteiger partial charge in [-0.3, -0.25) is 4.79 Å². The Kier molecular flexibility index (Phi) is 5.01. The van der Waals surface area contributed by atoms with Crippen molar-refractivity contribution < 1.29 is 14.6 Å². The lowest BCUT2D eigenvalue weighted by molar-refractivity contribution is -0.124. The van der Waals surface area contributed by atoms with Crippen molar-refractivity contribution in [1.82, 2.24) is 5.32 Å². The van der Waals surface area contributed by atoms with Crippen molar-refractivity contribution >= 4 is 5.91 Å². The first-order valence-electron chi connectivity index (χ1n) is 7.20. The van der Waals surface area contributed by atoms with Gasteiger partial charge in [-0.1, -0.05) is 17.7 Å². The normalized spacial score (nSPS) is 15.8. The molecular formula is C16H23NO3. The van der Waals surface area contributed by atoms with Crippen LogP contribution in [-0.4, -0.2) is 30.3 Å². The molecule has 2 rings (SSSR count). The number of amides is 1. The number of benzene rings is 1. The summed E-state index contributed by atoms with van der Waals surface area (Å²) >= 11 is 0. The van der Waals surface area contributed by atoms with Gasteiger partial charge in [-0.2, -0.15) is 0 Å². The maximum Gasteiger partial charge on any atom is 0.258 e. The van der Waals surface area contributed by atoms with E-state index < -0.39 is 0 Å². The van der Waals surface area contributed by atoms with Gasteiger partial charge in [0, 0.05) is 12.6 Å². The monoisotopic (exact) mass is 277 g/mol. The lowest BCUT2D eigenvalue weighted by Crippen LogP contribution is -2.39. The largest absolute Gasteiger partial charge is 0.484 e. The van der Waals surface area contributed by atoms with E-state index in [1.807, 2.05) is 32.0 Å². The molecule has 1 amide bonds. The molecule has 110 valence electrons. The number of hydrogen-bond acceptors (Lipinski definition) is 3. The summed E-state index contributed by atoms with van der Waals surface area (Å²) in [5.74, 6) is 1.17. The number of aryl methyl sites for hydroxylation is 2. The number of ether oxygens (including phenoxy) is 1. The summed E-state index contributed by atoms with van der Waals surface area (Å²) in [6, 6.07) is 5.99. The summed E-state index contributed by atoms with van der Waals surface area (Å²) < 4.78 is 5.56. The molecule has 4 heteroatoms. The zero-order valence-electron chi connectivity index (χ0n) is 12.2. The highest BCUT2D eigenvalue weighted by Gasteiger charge is 2.31. The van der Waals surface area contributed by atoms with Crippen LogP contribution in [0.25, 0.3) is 0 Å². The Bertz CT molecular complexity index is 469. The van der Waals surface area contributed by atoms with Crippen LogP contribution in [0.1, 0.15) is 30.4 Å². The van der Waals surface area contributed by atoms with Crippen LogP contribution >= 0.6 is 0 Å². The molecule has 0 spiro atoms. The predicted molar refractivity (Wildman–Crippen MR) is 77.8 cm³/mol. The summed E-state index contributed by atoms with van der Waals surface area (Å²) in [7, 11) is 0. The van der Waals surface area contributed by atoms with Gasteiger partial charge in [0.05, 0.1) is 0 Å². The molecule has 1 saturated carbocycles. The second kappa shape index (κ2) is 6.75. The summed E-state index contributed by atoms with van der Waals surface area (Å²) in [5.41, 5.74) is 2.21. The number of aliphatic hydroxyl groups is 1. The van der Waals surface area contributed by atoms with Crippen LogP contribution in [0.5, 0.6) is 5.75 Å². The zero-order valence-corrected chi connectivity index (χ0v) is 12.2. The van der Waals surface area contributed by atoms with Gasteiger partial charge in [-0.25, -0.2) is 0 Å². The van der Waals surface area contributed by atoms with Crippen LogP contribution in [0.3, 0.4) is 0 Å². The summed E-state index contributed by atoms with van der Waals surface area (Å²) in [5, 5.41) is 12.0. The molecule has 1 aliphatic carbocycles. The highest BCUT2D eigenvalue weighted by Crippen LogP contribution is 2.33. The topological polar surface area (TPSA) is 58.6 Å². The molecule has 0 saturated heterocycles. The molecule has 1 aromatic rings. The highest BCUT2D eigenvalue weighted by atomic mass is 16.5. The van der Waals surface area contributed by atoms with E-state index in [0.29, 0.717) is 12.3 Å². The van der Waals surface area contributed by atoms with E-state index in [9.17, 15) is 4.79 Å². The molecule has 4 nitrogen and oxygen atoms in total. The molecule has 1 aliphatic rings. The Morgan fingerprint density at radius 2 is 2.20 bits per heavy atom. The standard InChI is InChI=1S/C16H23NO3/c1-11-3-6-15(12(2)9-11)20-10-16(19)17-14(7-8-18)13-4-5-13/h3,6,9,13-14,18H,4-5,7-8,10H2,1-2H3,(H,17,19). The lowest BCUT2D eigenvalue weighted by Gasteiger charge is -2.17. The Balaban J connectivity index is 1.82. The van der Waals surface area contributed by atoms with Crippen molar-refractivity contribution in [2.24, 2.45) is 5.92 Å². The minimum atomic E-state index is -0.115. The molecule has 0 bridgehead atoms. The van der Waals surface area contributed by atoms with Crippen LogP contribution < -0.4 is 10.1 Å². The van der Waals surface area contributed by atoms with Crippen LogP contribution in [0.2, 0.25) is 0 Å². The molecule has 1 unspecified atom stereocenters. The molecule has 1 fully saturated rings. The van der Waals surface area contributed by atoms with Crippen LogP contribution in [0.4, 0.5) is 0 Å². The molecule has 20 heavy (non-hydrogen) atoms. The van der Waals surface area contributed by atoms with Crippen LogP contribution in [-0.2, 0) is 4.79 Å². The fourth-order valence-corrected chi connectivity index (χ4v) is 2.42. The van der Waals surface area contributed by atoms with E-state index in [1.54, 1.807) is 0 Å². The third-order valence-corrected chi connectivity index (χ3v) is 3.67. The van der Waals surface area contributed by atoms with Crippen molar-refractivity contribution in [3.05, 3.63) is 29.3 Å². The molecule has 0 aliphatic heterocycles. The maximum absolute atomic E-state index is 11.9. The van der Waals surface area contributed by atoms with Gasteiger partial charge in [-0.05, 0) is 50.7 Å². The van der Waals surface area contributed by atoms with Crippen molar-refractivity contribution in [3.8, 4) is 5.75 Å². The number of hydrogen-bond donors (Lipinski definition) is 2. The third kappa shape index (κ3) is 4.23. The fourth-order valence-electron chi connectivity index (χ4n) is 2.42. The molecular weight excluding hydrogens is 254 g/mol. The first kappa shape index (κ1) is 14.9. The molecule has 1 atom stereocenters. The fraction of sp³-hybridized carbons (Fsp3) is 0.562. The number of nitrogens with one attached hydrogen (secondary N) is 1. The number of carbonyl (C=O) groups is 1. The molecule has 2 N–H and O–H groups in total. The average Bonchev–Trinajstić information content (AvgIpc) is 3.21. The molecule has 0 aromatic heterocycles. The van der Waals surface area contributed by atoms with Gasteiger partial charge >= 0.3 is 0 Å². The van der Waals surface area contributed by atoms with Gasteiger partial charge in [0.1, 0.15) is 5.75 Å². The van der Waals surface area contributed by atoms with E-state index >= 15 is 0 Å². The van der Waals surface area contributed by atoms with Crippen LogP contribution in [0, 0.1) is 19.8 Å². The van der Waals surface area contributed by atoms with E-state index in [4.69, 9.17) is 9.84 Å². The average molecular weight is 277 g/mol. The van der Waals surface area contributed by atoms with E-state index in [2.05, 4.69) is 5.32 Å². The Morgan fingerprint density at radius 3 is 2.80 bits per heavy atom. The summed E-state index contributed by atoms with van der Waals surface area (Å²) in [4.78, 5) is 11.9. The number of rotatable bonds is 7. The van der Waals surface area contributed by atoms with Gasteiger partial charge in [0.15, 0.2) is 6.61 Å². The summed E-state index contributed by atoms with van der Waals surface area (Å²) in [6.07, 6.45) is 2.91. The first-order chi connectivity index (χ1) is 9.60. The number of aliphatic hydroxyl groups excluding tert-OH is 1. The maximum atomic E-state index is 11.9. The van der Waals surface area contributed by atoms with Crippen molar-refractivity contribution in [1.29, 1.82) is 0 Å². The minimum absolute atomic E-state index is 0.0263. The van der Waals surface area contributed by atoms with Gasteiger partial charge in [0.25, 0.3) is 5.91 Å². The molecule has 1 aromatic carbocycles. The minimum Gasteiger partial charge on any atom is -0.484 e. The zero-order chi connectivity index (χ0) is 14.5.